The third kappa shape index (κ3) is 6.97. The van der Waals surface area contributed by atoms with E-state index in [1.54, 1.807) is 0 Å². The highest BCUT2D eigenvalue weighted by atomic mass is 32.2. The molecule has 82 valence electrons. The largest absolute Gasteiger partial charge is 0.263 e. The van der Waals surface area contributed by atoms with Gasteiger partial charge in [0.1, 0.15) is 11.0 Å². The van der Waals surface area contributed by atoms with Gasteiger partial charge in [-0.3, -0.25) is 4.72 Å². The molecule has 2 nitrogen and oxygen atoms in total. The predicted octanol–water partition coefficient (Wildman–Crippen LogP) is 2.44. The second-order valence-corrected chi connectivity index (χ2v) is 7.49. The average molecular weight is 215 g/mol. The second kappa shape index (κ2) is 4.84. The Labute approximate surface area is 90.4 Å². The van der Waals surface area contributed by atoms with Crippen molar-refractivity contribution < 1.29 is 4.21 Å². The van der Waals surface area contributed by atoms with E-state index in [-0.39, 0.29) is 10.2 Å². The Kier molecular flexibility index (Phi) is 4.67. The summed E-state index contributed by atoms with van der Waals surface area (Å²) in [4.78, 5) is 0. The minimum Gasteiger partial charge on any atom is -0.263 e. The molecule has 1 unspecified atom stereocenters. The molecule has 0 bridgehead atoms. The van der Waals surface area contributed by atoms with Crippen LogP contribution in [0.3, 0.4) is 0 Å². The van der Waals surface area contributed by atoms with E-state index in [1.165, 1.54) is 0 Å². The van der Waals surface area contributed by atoms with Crippen molar-refractivity contribution in [1.82, 2.24) is 4.72 Å². The van der Waals surface area contributed by atoms with E-state index < -0.39 is 11.0 Å². The van der Waals surface area contributed by atoms with Crippen molar-refractivity contribution in [3.63, 3.8) is 0 Å². The van der Waals surface area contributed by atoms with E-state index >= 15 is 0 Å². The Morgan fingerprint density at radius 2 is 1.64 bits per heavy atom. The second-order valence-electron chi connectivity index (χ2n) is 5.52. The zero-order chi connectivity index (χ0) is 11.4. The third-order valence-corrected chi connectivity index (χ3v) is 2.81. The first kappa shape index (κ1) is 13.5. The first-order valence-corrected chi connectivity index (χ1v) is 5.93. The zero-order valence-electron chi connectivity index (χ0n) is 10.0. The molecule has 0 saturated heterocycles. The highest BCUT2D eigenvalue weighted by Gasteiger charge is 2.18. The Hall–Kier alpha value is -0.490. The average Bonchev–Trinajstić information content (AvgIpc) is 1.93. The standard InChI is InChI=1S/C11H21NOS/c1-10(2,3)8-7-9-12-14(13)11(4,5)6/h12H,8H2,1-6H3. The summed E-state index contributed by atoms with van der Waals surface area (Å²) in [6.45, 7) is 12.1. The first-order chi connectivity index (χ1) is 6.13. The summed E-state index contributed by atoms with van der Waals surface area (Å²) < 4.78 is 13.9. The van der Waals surface area contributed by atoms with Crippen molar-refractivity contribution in [2.45, 2.75) is 52.7 Å². The van der Waals surface area contributed by atoms with Crippen LogP contribution in [0, 0.1) is 17.4 Å². The summed E-state index contributed by atoms with van der Waals surface area (Å²) in [6.07, 6.45) is 0.807. The van der Waals surface area contributed by atoms with Gasteiger partial charge in [0.2, 0.25) is 0 Å². The molecule has 0 rings (SSSR count). The van der Waals surface area contributed by atoms with Crippen LogP contribution < -0.4 is 4.72 Å². The van der Waals surface area contributed by atoms with Crippen molar-refractivity contribution in [1.29, 1.82) is 0 Å². The molecule has 14 heavy (non-hydrogen) atoms. The van der Waals surface area contributed by atoms with E-state index in [0.29, 0.717) is 0 Å². The van der Waals surface area contributed by atoms with Gasteiger partial charge in [0.05, 0.1) is 4.75 Å². The van der Waals surface area contributed by atoms with Gasteiger partial charge in [0, 0.05) is 12.5 Å². The van der Waals surface area contributed by atoms with E-state index in [4.69, 9.17) is 0 Å². The van der Waals surface area contributed by atoms with Crippen molar-refractivity contribution in [3.05, 3.63) is 0 Å². The topological polar surface area (TPSA) is 29.1 Å². The maximum atomic E-state index is 11.5. The summed E-state index contributed by atoms with van der Waals surface area (Å²) in [6, 6.07) is 2.75. The Morgan fingerprint density at radius 1 is 1.14 bits per heavy atom. The van der Waals surface area contributed by atoms with Gasteiger partial charge in [-0.15, -0.1) is 0 Å². The summed E-state index contributed by atoms with van der Waals surface area (Å²) in [5, 5.41) is 0. The lowest BCUT2D eigenvalue weighted by atomic mass is 9.93. The highest BCUT2D eigenvalue weighted by Crippen LogP contribution is 2.16. The molecule has 0 aromatic rings. The minimum atomic E-state index is -1.09. The predicted molar refractivity (Wildman–Crippen MR) is 62.9 cm³/mol. The molecule has 0 aliphatic rings. The zero-order valence-corrected chi connectivity index (χ0v) is 10.8. The molecule has 0 heterocycles. The van der Waals surface area contributed by atoms with Gasteiger partial charge in [-0.2, -0.15) is 0 Å². The smallest absolute Gasteiger partial charge is 0.129 e. The van der Waals surface area contributed by atoms with Crippen LogP contribution >= 0.6 is 0 Å². The molecule has 0 aliphatic carbocycles. The van der Waals surface area contributed by atoms with Gasteiger partial charge in [0.15, 0.2) is 0 Å². The number of nitrogens with one attached hydrogen (secondary N) is 1. The minimum absolute atomic E-state index is 0.206. The molecular formula is C11H21NOS. The van der Waals surface area contributed by atoms with E-state index in [1.807, 2.05) is 20.8 Å². The molecule has 0 saturated carbocycles. The summed E-state index contributed by atoms with van der Waals surface area (Å²) in [7, 11) is -1.09. The fourth-order valence-electron chi connectivity index (χ4n) is 0.545. The van der Waals surface area contributed by atoms with Crippen molar-refractivity contribution in [3.8, 4) is 12.0 Å². The lowest BCUT2D eigenvalue weighted by molar-refractivity contribution is 0.427. The molecule has 0 aromatic carbocycles. The van der Waals surface area contributed by atoms with Gasteiger partial charge in [-0.05, 0) is 26.2 Å². The Morgan fingerprint density at radius 3 is 2.00 bits per heavy atom. The van der Waals surface area contributed by atoms with Crippen molar-refractivity contribution in [2.75, 3.05) is 0 Å². The molecule has 0 spiro atoms. The summed E-state index contributed by atoms with van der Waals surface area (Å²) >= 11 is 0. The number of hydrogen-bond donors (Lipinski definition) is 1. The van der Waals surface area contributed by atoms with Crippen LogP contribution in [-0.4, -0.2) is 8.96 Å². The van der Waals surface area contributed by atoms with Gasteiger partial charge < -0.3 is 0 Å². The van der Waals surface area contributed by atoms with Gasteiger partial charge in [0.25, 0.3) is 0 Å². The van der Waals surface area contributed by atoms with Crippen molar-refractivity contribution >= 4 is 11.0 Å². The van der Waals surface area contributed by atoms with Crippen molar-refractivity contribution in [2.24, 2.45) is 5.41 Å². The van der Waals surface area contributed by atoms with Crippen LogP contribution in [0.25, 0.3) is 0 Å². The maximum Gasteiger partial charge on any atom is 0.129 e. The van der Waals surface area contributed by atoms with E-state index in [2.05, 4.69) is 37.5 Å². The maximum absolute atomic E-state index is 11.5. The third-order valence-electron chi connectivity index (χ3n) is 1.41. The molecule has 0 amide bonds. The van der Waals surface area contributed by atoms with Gasteiger partial charge in [-0.1, -0.05) is 26.7 Å². The normalized spacial score (nSPS) is 14.1. The van der Waals surface area contributed by atoms with E-state index in [0.717, 1.165) is 6.42 Å². The molecule has 1 atom stereocenters. The molecule has 0 aromatic heterocycles. The molecule has 0 fully saturated rings. The van der Waals surface area contributed by atoms with Crippen LogP contribution in [0.1, 0.15) is 48.0 Å². The quantitative estimate of drug-likeness (QED) is 0.528. The molecular weight excluding hydrogens is 194 g/mol. The summed E-state index contributed by atoms with van der Waals surface area (Å²) in [5.41, 5.74) is 0.206. The number of hydrogen-bond acceptors (Lipinski definition) is 1. The van der Waals surface area contributed by atoms with Crippen LogP contribution in [0.4, 0.5) is 0 Å². The van der Waals surface area contributed by atoms with Crippen LogP contribution in [0.2, 0.25) is 0 Å². The SMILES string of the molecule is CC(C)(C)CC#CNS(=O)C(C)(C)C. The highest BCUT2D eigenvalue weighted by molar-refractivity contribution is 7.84. The van der Waals surface area contributed by atoms with Gasteiger partial charge in [-0.25, -0.2) is 4.21 Å². The van der Waals surface area contributed by atoms with Crippen LogP contribution in [-0.2, 0) is 11.0 Å². The van der Waals surface area contributed by atoms with Gasteiger partial charge >= 0.3 is 0 Å². The fourth-order valence-corrected chi connectivity index (χ4v) is 1.02. The lowest BCUT2D eigenvalue weighted by Crippen LogP contribution is -2.30. The first-order valence-electron chi connectivity index (χ1n) is 4.78. The number of rotatable bonds is 1. The fraction of sp³-hybridized carbons (Fsp3) is 0.818. The Balaban J connectivity index is 4.01. The van der Waals surface area contributed by atoms with Crippen LogP contribution in [0.5, 0.6) is 0 Å². The van der Waals surface area contributed by atoms with E-state index in [9.17, 15) is 4.21 Å². The molecule has 0 aliphatic heterocycles. The molecule has 0 radical (unpaired) electrons. The Bertz CT molecular complexity index is 260. The van der Waals surface area contributed by atoms with Crippen LogP contribution in [0.15, 0.2) is 0 Å². The lowest BCUT2D eigenvalue weighted by Gasteiger charge is -2.16. The monoisotopic (exact) mass is 215 g/mol. The summed E-state index contributed by atoms with van der Waals surface area (Å²) in [5.74, 6) is 2.97. The molecule has 1 N–H and O–H groups in total. The molecule has 3 heteroatoms.